The van der Waals surface area contributed by atoms with Crippen LogP contribution in [-0.2, 0) is 5.75 Å². The number of nitrogens with zero attached hydrogens (tertiary/aromatic N) is 2. The Labute approximate surface area is 177 Å². The van der Waals surface area contributed by atoms with Crippen LogP contribution in [0.1, 0.15) is 34.6 Å². The minimum Gasteiger partial charge on any atom is -0.345 e. The molecule has 0 bridgehead atoms. The zero-order valence-electron chi connectivity index (χ0n) is 16.2. The van der Waals surface area contributed by atoms with Crippen LogP contribution < -0.4 is 5.32 Å². The highest BCUT2D eigenvalue weighted by Crippen LogP contribution is 2.27. The Morgan fingerprint density at radius 3 is 2.70 bits per heavy atom. The fourth-order valence-electron chi connectivity index (χ4n) is 3.13. The molecule has 0 aliphatic carbocycles. The minimum atomic E-state index is -0.933. The van der Waals surface area contributed by atoms with Crippen LogP contribution in [0.25, 0.3) is 5.65 Å². The number of imidazole rings is 1. The number of aromatic nitrogens is 2. The molecule has 2 aromatic heterocycles. The molecule has 2 aromatic carbocycles. The molecule has 0 fully saturated rings. The molecule has 1 amide bonds. The van der Waals surface area contributed by atoms with Crippen molar-refractivity contribution in [1.82, 2.24) is 14.7 Å². The summed E-state index contributed by atoms with van der Waals surface area (Å²) in [6.07, 6.45) is 3.91. The molecule has 0 unspecified atom stereocenters. The van der Waals surface area contributed by atoms with Gasteiger partial charge in [0.1, 0.15) is 5.65 Å². The third-order valence-electron chi connectivity index (χ3n) is 4.71. The number of amides is 1. The number of hydrogen-bond acceptors (Lipinski definition) is 3. The Morgan fingerprint density at radius 1 is 1.10 bits per heavy atom. The highest BCUT2D eigenvalue weighted by molar-refractivity contribution is 7.98. The maximum absolute atomic E-state index is 13.5. The molecule has 0 radical (unpaired) electrons. The van der Waals surface area contributed by atoms with Gasteiger partial charge in [-0.1, -0.05) is 24.3 Å². The number of rotatable bonds is 6. The van der Waals surface area contributed by atoms with E-state index in [0.29, 0.717) is 16.9 Å². The van der Waals surface area contributed by atoms with E-state index in [9.17, 15) is 13.6 Å². The van der Waals surface area contributed by atoms with Crippen LogP contribution >= 0.6 is 11.8 Å². The van der Waals surface area contributed by atoms with Crippen LogP contribution in [0, 0.1) is 11.6 Å². The fraction of sp³-hybridized carbons (Fsp3) is 0.130. The monoisotopic (exact) mass is 423 g/mol. The predicted octanol–water partition coefficient (Wildman–Crippen LogP) is 5.40. The first-order valence-corrected chi connectivity index (χ1v) is 10.4. The predicted molar refractivity (Wildman–Crippen MR) is 113 cm³/mol. The lowest BCUT2D eigenvalue weighted by Gasteiger charge is -2.16. The average molecular weight is 423 g/mol. The summed E-state index contributed by atoms with van der Waals surface area (Å²) < 4.78 is 28.6. The zero-order chi connectivity index (χ0) is 21.1. The van der Waals surface area contributed by atoms with Crippen LogP contribution in [-0.4, -0.2) is 15.3 Å². The number of thioether (sulfide) groups is 1. The van der Waals surface area contributed by atoms with Gasteiger partial charge in [0, 0.05) is 23.0 Å². The van der Waals surface area contributed by atoms with Crippen LogP contribution in [0.4, 0.5) is 8.78 Å². The lowest BCUT2D eigenvalue weighted by Crippen LogP contribution is -2.27. The molecule has 4 nitrogen and oxygen atoms in total. The van der Waals surface area contributed by atoms with E-state index in [0.717, 1.165) is 28.4 Å². The second-order valence-electron chi connectivity index (χ2n) is 6.85. The number of fused-ring (bicyclic) bond motifs is 1. The number of nitrogens with one attached hydrogen (secondary N) is 1. The lowest BCUT2D eigenvalue weighted by atomic mass is 10.1. The van der Waals surface area contributed by atoms with Gasteiger partial charge in [-0.3, -0.25) is 4.79 Å². The van der Waals surface area contributed by atoms with E-state index >= 15 is 0 Å². The quantitative estimate of drug-likeness (QED) is 0.423. The number of benzene rings is 2. The number of halogens is 2. The molecule has 0 saturated carbocycles. The fourth-order valence-corrected chi connectivity index (χ4v) is 4.06. The Bertz CT molecular complexity index is 1180. The molecule has 0 aliphatic rings. The number of hydrogen-bond donors (Lipinski definition) is 1. The first-order valence-electron chi connectivity index (χ1n) is 9.41. The standard InChI is InChI=1S/C23H19F2N3OS/c1-15(16-9-10-19(24)20(25)12-16)26-23(29)18-6-2-3-7-21(18)30-14-17-13-28-11-5-4-8-22(28)27-17/h2-13,15H,14H2,1H3,(H,26,29)/t15-/m0/s1. The number of pyridine rings is 1. The van der Waals surface area contributed by atoms with Crippen LogP contribution in [0.2, 0.25) is 0 Å². The maximum Gasteiger partial charge on any atom is 0.252 e. The molecule has 0 aliphatic heterocycles. The summed E-state index contributed by atoms with van der Waals surface area (Å²) in [5, 5.41) is 2.86. The van der Waals surface area contributed by atoms with Crippen LogP contribution in [0.5, 0.6) is 0 Å². The Balaban J connectivity index is 1.47. The van der Waals surface area contributed by atoms with E-state index < -0.39 is 17.7 Å². The van der Waals surface area contributed by atoms with Crippen molar-refractivity contribution < 1.29 is 13.6 Å². The summed E-state index contributed by atoms with van der Waals surface area (Å²) in [4.78, 5) is 18.2. The third-order valence-corrected chi connectivity index (χ3v) is 5.82. The topological polar surface area (TPSA) is 46.4 Å². The second-order valence-corrected chi connectivity index (χ2v) is 7.87. The van der Waals surface area contributed by atoms with Gasteiger partial charge in [0.15, 0.2) is 11.6 Å². The summed E-state index contributed by atoms with van der Waals surface area (Å²) in [5.74, 6) is -1.50. The molecule has 1 atom stereocenters. The van der Waals surface area contributed by atoms with Gasteiger partial charge >= 0.3 is 0 Å². The van der Waals surface area contributed by atoms with Gasteiger partial charge in [-0.05, 0) is 48.9 Å². The van der Waals surface area contributed by atoms with Crippen molar-refractivity contribution in [3.63, 3.8) is 0 Å². The van der Waals surface area contributed by atoms with E-state index in [2.05, 4.69) is 10.3 Å². The number of carbonyl (C=O) groups is 1. The first kappa shape index (κ1) is 20.1. The Kier molecular flexibility index (Phi) is 5.81. The van der Waals surface area contributed by atoms with E-state index in [-0.39, 0.29) is 5.91 Å². The SMILES string of the molecule is C[C@H](NC(=O)c1ccccc1SCc1cn2ccccc2n1)c1ccc(F)c(F)c1. The smallest absolute Gasteiger partial charge is 0.252 e. The van der Waals surface area contributed by atoms with Gasteiger partial charge in [-0.2, -0.15) is 0 Å². The van der Waals surface area contributed by atoms with E-state index in [1.54, 1.807) is 19.1 Å². The van der Waals surface area contributed by atoms with Crippen LogP contribution in [0.3, 0.4) is 0 Å². The molecular formula is C23H19F2N3OS. The van der Waals surface area contributed by atoms with Crippen LogP contribution in [0.15, 0.2) is 78.0 Å². The summed E-state index contributed by atoms with van der Waals surface area (Å²) in [7, 11) is 0. The molecule has 4 rings (SSSR count). The average Bonchev–Trinajstić information content (AvgIpc) is 3.17. The van der Waals surface area contributed by atoms with Gasteiger partial charge in [0.25, 0.3) is 5.91 Å². The van der Waals surface area contributed by atoms with Crippen molar-refractivity contribution in [3.05, 3.63) is 102 Å². The largest absolute Gasteiger partial charge is 0.345 e. The first-order chi connectivity index (χ1) is 14.5. The second kappa shape index (κ2) is 8.67. The molecule has 0 spiro atoms. The highest BCUT2D eigenvalue weighted by Gasteiger charge is 2.16. The summed E-state index contributed by atoms with van der Waals surface area (Å²) in [5.41, 5.74) is 2.81. The summed E-state index contributed by atoms with van der Waals surface area (Å²) in [6.45, 7) is 1.73. The van der Waals surface area contributed by atoms with E-state index in [1.165, 1.54) is 17.8 Å². The van der Waals surface area contributed by atoms with Crippen molar-refractivity contribution in [3.8, 4) is 0 Å². The molecular weight excluding hydrogens is 404 g/mol. The molecule has 30 heavy (non-hydrogen) atoms. The van der Waals surface area contributed by atoms with Gasteiger partial charge < -0.3 is 9.72 Å². The molecule has 152 valence electrons. The molecule has 2 heterocycles. The normalized spacial score (nSPS) is 12.1. The van der Waals surface area contributed by atoms with E-state index in [4.69, 9.17) is 0 Å². The lowest BCUT2D eigenvalue weighted by molar-refractivity contribution is 0.0937. The third kappa shape index (κ3) is 4.36. The van der Waals surface area contributed by atoms with Gasteiger partial charge in [-0.15, -0.1) is 11.8 Å². The van der Waals surface area contributed by atoms with Gasteiger partial charge in [-0.25, -0.2) is 13.8 Å². The van der Waals surface area contributed by atoms with Crippen molar-refractivity contribution >= 4 is 23.3 Å². The summed E-state index contributed by atoms with van der Waals surface area (Å²) in [6, 6.07) is 16.3. The molecule has 7 heteroatoms. The minimum absolute atomic E-state index is 0.273. The Morgan fingerprint density at radius 2 is 1.90 bits per heavy atom. The molecule has 4 aromatic rings. The number of carbonyl (C=O) groups excluding carboxylic acids is 1. The van der Waals surface area contributed by atoms with E-state index in [1.807, 2.05) is 47.1 Å². The van der Waals surface area contributed by atoms with Gasteiger partial charge in [0.2, 0.25) is 0 Å². The highest BCUT2D eigenvalue weighted by atomic mass is 32.2. The molecule has 1 N–H and O–H groups in total. The summed E-state index contributed by atoms with van der Waals surface area (Å²) >= 11 is 1.52. The zero-order valence-corrected chi connectivity index (χ0v) is 17.0. The van der Waals surface area contributed by atoms with Crippen molar-refractivity contribution in [2.24, 2.45) is 0 Å². The van der Waals surface area contributed by atoms with Gasteiger partial charge in [0.05, 0.1) is 17.3 Å². The van der Waals surface area contributed by atoms with Crippen molar-refractivity contribution in [1.29, 1.82) is 0 Å². The molecule has 0 saturated heterocycles. The van der Waals surface area contributed by atoms with Crippen molar-refractivity contribution in [2.45, 2.75) is 23.6 Å². The maximum atomic E-state index is 13.5. The van der Waals surface area contributed by atoms with Crippen molar-refractivity contribution in [2.75, 3.05) is 0 Å². The Hall–Kier alpha value is -3.19.